The van der Waals surface area contributed by atoms with Crippen molar-refractivity contribution in [1.29, 1.82) is 0 Å². The maximum Gasteiger partial charge on any atom is 0.277 e. The zero-order valence-corrected chi connectivity index (χ0v) is 13.5. The number of aromatic nitrogens is 3. The van der Waals surface area contributed by atoms with Gasteiger partial charge in [0.05, 0.1) is 21.0 Å². The van der Waals surface area contributed by atoms with Crippen LogP contribution in [0.5, 0.6) is 0 Å². The smallest absolute Gasteiger partial charge is 0.277 e. The molecule has 2 aromatic heterocycles. The van der Waals surface area contributed by atoms with Gasteiger partial charge in [-0.1, -0.05) is 23.9 Å². The number of nitrogens with zero attached hydrogens (tertiary/aromatic N) is 3. The summed E-state index contributed by atoms with van der Waals surface area (Å²) < 4.78 is 6.70. The van der Waals surface area contributed by atoms with E-state index in [9.17, 15) is 4.79 Å². The predicted molar refractivity (Wildman–Crippen MR) is 86.1 cm³/mol. The van der Waals surface area contributed by atoms with Gasteiger partial charge in [-0.05, 0) is 12.1 Å². The molecule has 114 valence electrons. The largest absolute Gasteiger partial charge is 0.416 e. The molecule has 0 bridgehead atoms. The summed E-state index contributed by atoms with van der Waals surface area (Å²) in [7, 11) is 1.60. The van der Waals surface area contributed by atoms with Gasteiger partial charge in [0.1, 0.15) is 0 Å². The number of carbonyl (C=O) groups is 1. The fraction of sp³-hybridized carbons (Fsp3) is 0.286. The van der Waals surface area contributed by atoms with Crippen LogP contribution in [0.2, 0.25) is 0 Å². The van der Waals surface area contributed by atoms with Crippen molar-refractivity contribution in [2.75, 3.05) is 12.8 Å². The van der Waals surface area contributed by atoms with E-state index in [-0.39, 0.29) is 11.7 Å². The predicted octanol–water partition coefficient (Wildman–Crippen LogP) is 2.30. The number of thioether (sulfide) groups is 1. The molecule has 3 aromatic rings. The second-order valence-electron chi connectivity index (χ2n) is 4.50. The van der Waals surface area contributed by atoms with Gasteiger partial charge in [-0.25, -0.2) is 4.98 Å². The molecule has 0 saturated heterocycles. The summed E-state index contributed by atoms with van der Waals surface area (Å²) in [4.78, 5) is 15.7. The monoisotopic (exact) mass is 334 g/mol. The van der Waals surface area contributed by atoms with Gasteiger partial charge in [0, 0.05) is 19.9 Å². The van der Waals surface area contributed by atoms with E-state index in [1.54, 1.807) is 18.4 Å². The molecule has 0 radical (unpaired) electrons. The Morgan fingerprint density at radius 3 is 3.00 bits per heavy atom. The van der Waals surface area contributed by atoms with Crippen LogP contribution in [0.3, 0.4) is 0 Å². The number of hydrogen-bond donors (Lipinski definition) is 1. The van der Waals surface area contributed by atoms with Gasteiger partial charge in [0.25, 0.3) is 5.22 Å². The van der Waals surface area contributed by atoms with Crippen LogP contribution in [0.1, 0.15) is 10.9 Å². The third-order valence-corrected chi connectivity index (χ3v) is 4.86. The molecule has 1 aromatic carbocycles. The molecule has 0 atom stereocenters. The van der Waals surface area contributed by atoms with Gasteiger partial charge in [0.15, 0.2) is 0 Å². The molecule has 1 N–H and O–H groups in total. The number of rotatable bonds is 6. The van der Waals surface area contributed by atoms with Gasteiger partial charge in [-0.15, -0.1) is 21.5 Å². The highest BCUT2D eigenvalue weighted by atomic mass is 32.2. The standard InChI is InChI=1S/C14H14N4O2S2/c1-15-11(19)8-21-14-18-17-12(20-14)6-7-13-16-9-4-2-3-5-10(9)22-13/h2-5H,6-8H2,1H3,(H,15,19). The lowest BCUT2D eigenvalue weighted by Gasteiger charge is -1.94. The van der Waals surface area contributed by atoms with Gasteiger partial charge in [-0.2, -0.15) is 0 Å². The number of thiazole rings is 1. The second kappa shape index (κ2) is 6.89. The summed E-state index contributed by atoms with van der Waals surface area (Å²) in [5.41, 5.74) is 1.02. The molecule has 3 rings (SSSR count). The SMILES string of the molecule is CNC(=O)CSc1nnc(CCc2nc3ccccc3s2)o1. The van der Waals surface area contributed by atoms with Crippen molar-refractivity contribution in [3.8, 4) is 0 Å². The maximum atomic E-state index is 11.2. The Labute approximate surface area is 135 Å². The van der Waals surface area contributed by atoms with E-state index in [0.29, 0.717) is 17.5 Å². The number of amides is 1. The Kier molecular flexibility index (Phi) is 4.69. The van der Waals surface area contributed by atoms with E-state index < -0.39 is 0 Å². The minimum atomic E-state index is -0.0702. The average Bonchev–Trinajstić information content (AvgIpc) is 3.16. The second-order valence-corrected chi connectivity index (χ2v) is 6.54. The van der Waals surface area contributed by atoms with E-state index in [1.165, 1.54) is 16.5 Å². The molecule has 22 heavy (non-hydrogen) atoms. The highest BCUT2D eigenvalue weighted by molar-refractivity contribution is 7.99. The molecular weight excluding hydrogens is 320 g/mol. The highest BCUT2D eigenvalue weighted by Gasteiger charge is 2.10. The summed E-state index contributed by atoms with van der Waals surface area (Å²) in [6.45, 7) is 0. The molecule has 1 amide bonds. The van der Waals surface area contributed by atoms with Crippen LogP contribution in [-0.4, -0.2) is 33.9 Å². The van der Waals surface area contributed by atoms with Crippen molar-refractivity contribution in [2.45, 2.75) is 18.1 Å². The third-order valence-electron chi connectivity index (χ3n) is 2.94. The fourth-order valence-corrected chi connectivity index (χ4v) is 3.46. The summed E-state index contributed by atoms with van der Waals surface area (Å²) >= 11 is 2.92. The van der Waals surface area contributed by atoms with Crippen molar-refractivity contribution in [3.05, 3.63) is 35.2 Å². The van der Waals surface area contributed by atoms with Crippen LogP contribution in [0.15, 0.2) is 33.9 Å². The van der Waals surface area contributed by atoms with Gasteiger partial charge in [0.2, 0.25) is 11.8 Å². The summed E-state index contributed by atoms with van der Waals surface area (Å²) in [6.07, 6.45) is 1.41. The van der Waals surface area contributed by atoms with Gasteiger partial charge < -0.3 is 9.73 Å². The Hall–Kier alpha value is -1.93. The number of benzene rings is 1. The summed E-state index contributed by atoms with van der Waals surface area (Å²) in [5.74, 6) is 0.772. The Morgan fingerprint density at radius 2 is 2.18 bits per heavy atom. The molecular formula is C14H14N4O2S2. The first-order chi connectivity index (χ1) is 10.7. The van der Waals surface area contributed by atoms with E-state index in [1.807, 2.05) is 18.2 Å². The van der Waals surface area contributed by atoms with Crippen LogP contribution >= 0.6 is 23.1 Å². The first-order valence-corrected chi connectivity index (χ1v) is 8.55. The van der Waals surface area contributed by atoms with Crippen molar-refractivity contribution >= 4 is 39.2 Å². The van der Waals surface area contributed by atoms with Crippen molar-refractivity contribution < 1.29 is 9.21 Å². The lowest BCUT2D eigenvalue weighted by Crippen LogP contribution is -2.19. The minimum Gasteiger partial charge on any atom is -0.416 e. The number of hydrogen-bond acceptors (Lipinski definition) is 7. The maximum absolute atomic E-state index is 11.2. The van der Waals surface area contributed by atoms with E-state index in [0.717, 1.165) is 16.9 Å². The molecule has 0 unspecified atom stereocenters. The number of fused-ring (bicyclic) bond motifs is 1. The molecule has 0 aliphatic heterocycles. The fourth-order valence-electron chi connectivity index (χ4n) is 1.84. The lowest BCUT2D eigenvalue weighted by atomic mass is 10.3. The molecule has 0 saturated carbocycles. The molecule has 6 nitrogen and oxygen atoms in total. The Bertz CT molecular complexity index is 751. The van der Waals surface area contributed by atoms with Crippen LogP contribution in [0, 0.1) is 0 Å². The molecule has 0 aliphatic carbocycles. The van der Waals surface area contributed by atoms with Crippen molar-refractivity contribution in [2.24, 2.45) is 0 Å². The van der Waals surface area contributed by atoms with Crippen molar-refractivity contribution in [3.63, 3.8) is 0 Å². The van der Waals surface area contributed by atoms with Crippen LogP contribution in [0.4, 0.5) is 0 Å². The normalized spacial score (nSPS) is 11.0. The summed E-state index contributed by atoms with van der Waals surface area (Å²) in [6, 6.07) is 8.07. The number of carbonyl (C=O) groups excluding carboxylic acids is 1. The topological polar surface area (TPSA) is 80.9 Å². The quantitative estimate of drug-likeness (QED) is 0.697. The molecule has 0 aliphatic rings. The lowest BCUT2D eigenvalue weighted by molar-refractivity contribution is -0.118. The van der Waals surface area contributed by atoms with E-state index in [2.05, 4.69) is 26.6 Å². The molecule has 0 fully saturated rings. The first kappa shape index (κ1) is 15.0. The van der Waals surface area contributed by atoms with Crippen LogP contribution in [0.25, 0.3) is 10.2 Å². The Balaban J connectivity index is 1.57. The number of nitrogens with one attached hydrogen (secondary N) is 1. The molecule has 8 heteroatoms. The average molecular weight is 334 g/mol. The minimum absolute atomic E-state index is 0.0702. The third kappa shape index (κ3) is 3.63. The zero-order chi connectivity index (χ0) is 15.4. The van der Waals surface area contributed by atoms with Crippen LogP contribution < -0.4 is 5.32 Å². The highest BCUT2D eigenvalue weighted by Crippen LogP contribution is 2.23. The van der Waals surface area contributed by atoms with Gasteiger partial charge >= 0.3 is 0 Å². The van der Waals surface area contributed by atoms with E-state index in [4.69, 9.17) is 4.42 Å². The molecule has 2 heterocycles. The molecule has 0 spiro atoms. The van der Waals surface area contributed by atoms with Gasteiger partial charge in [-0.3, -0.25) is 4.79 Å². The first-order valence-electron chi connectivity index (χ1n) is 6.75. The summed E-state index contributed by atoms with van der Waals surface area (Å²) in [5, 5.41) is 11.9. The zero-order valence-electron chi connectivity index (χ0n) is 11.9. The Morgan fingerprint density at radius 1 is 1.32 bits per heavy atom. The van der Waals surface area contributed by atoms with Crippen molar-refractivity contribution in [1.82, 2.24) is 20.5 Å². The van der Waals surface area contributed by atoms with Crippen LogP contribution in [-0.2, 0) is 17.6 Å². The number of para-hydroxylation sites is 1. The van der Waals surface area contributed by atoms with E-state index >= 15 is 0 Å². The number of aryl methyl sites for hydroxylation is 2.